The second kappa shape index (κ2) is 5.86. The van der Waals surface area contributed by atoms with Crippen LogP contribution in [0.25, 0.3) is 11.1 Å². The van der Waals surface area contributed by atoms with Crippen LogP contribution in [-0.4, -0.2) is 31.1 Å². The zero-order valence-corrected chi connectivity index (χ0v) is 12.2. The van der Waals surface area contributed by atoms with Crippen LogP contribution in [0.2, 0.25) is 0 Å². The molecule has 1 atom stereocenters. The van der Waals surface area contributed by atoms with E-state index >= 15 is 0 Å². The number of ether oxygens (including phenoxy) is 1. The van der Waals surface area contributed by atoms with E-state index in [0.717, 1.165) is 42.0 Å². The Balaban J connectivity index is 1.84. The zero-order valence-electron chi connectivity index (χ0n) is 12.2. The average Bonchev–Trinajstić information content (AvgIpc) is 2.87. The maximum atomic E-state index is 13.0. The third-order valence-electron chi connectivity index (χ3n) is 3.89. The maximum absolute atomic E-state index is 13.0. The Hall–Kier alpha value is -1.87. The van der Waals surface area contributed by atoms with E-state index in [1.807, 2.05) is 18.2 Å². The first kappa shape index (κ1) is 14.1. The van der Waals surface area contributed by atoms with Crippen molar-refractivity contribution in [2.45, 2.75) is 12.5 Å². The number of rotatable bonds is 3. The molecule has 0 saturated carbocycles. The smallest absolute Gasteiger partial charge is 0.123 e. The van der Waals surface area contributed by atoms with Gasteiger partial charge in [0.05, 0.1) is 0 Å². The molecule has 21 heavy (non-hydrogen) atoms. The molecule has 0 aliphatic carbocycles. The summed E-state index contributed by atoms with van der Waals surface area (Å²) in [5.74, 6) is 0.618. The molecule has 2 nitrogen and oxygen atoms in total. The lowest BCUT2D eigenvalue weighted by Gasteiger charge is -2.15. The monoisotopic (exact) mass is 284 g/mol. The zero-order chi connectivity index (χ0) is 14.8. The molecule has 0 spiro atoms. The van der Waals surface area contributed by atoms with Gasteiger partial charge >= 0.3 is 0 Å². The van der Waals surface area contributed by atoms with Crippen LogP contribution in [0.4, 0.5) is 4.39 Å². The highest BCUT2D eigenvalue weighted by atomic mass is 19.1. The van der Waals surface area contributed by atoms with Gasteiger partial charge < -0.3 is 9.64 Å². The first-order valence-corrected chi connectivity index (χ1v) is 7.19. The van der Waals surface area contributed by atoms with Crippen molar-refractivity contribution in [3.05, 3.63) is 60.8 Å². The Bertz CT molecular complexity index is 624. The van der Waals surface area contributed by atoms with Crippen LogP contribution in [0.1, 0.15) is 12.0 Å². The molecule has 1 aliphatic rings. The fraction of sp³-hybridized carbons (Fsp3) is 0.278. The first-order valence-electron chi connectivity index (χ1n) is 7.19. The fourth-order valence-electron chi connectivity index (χ4n) is 2.71. The van der Waals surface area contributed by atoms with Gasteiger partial charge in [-0.15, -0.1) is 0 Å². The van der Waals surface area contributed by atoms with Gasteiger partial charge in [0.2, 0.25) is 0 Å². The highest BCUT2D eigenvalue weighted by Gasteiger charge is 2.21. The van der Waals surface area contributed by atoms with Crippen LogP contribution in [0.5, 0.6) is 5.75 Å². The molecule has 2 aromatic rings. The molecule has 0 bridgehead atoms. The molecular formula is C18H19FNO. The number of likely N-dealkylation sites (tertiary alicyclic amines) is 1. The molecule has 3 rings (SSSR count). The molecule has 1 aliphatic heterocycles. The van der Waals surface area contributed by atoms with Gasteiger partial charge in [0, 0.05) is 13.1 Å². The Morgan fingerprint density at radius 3 is 2.62 bits per heavy atom. The van der Waals surface area contributed by atoms with E-state index in [4.69, 9.17) is 4.74 Å². The van der Waals surface area contributed by atoms with Crippen LogP contribution >= 0.6 is 0 Å². The highest BCUT2D eigenvalue weighted by Crippen LogP contribution is 2.29. The fourth-order valence-corrected chi connectivity index (χ4v) is 2.71. The van der Waals surface area contributed by atoms with Gasteiger partial charge in [-0.05, 0) is 61.3 Å². The summed E-state index contributed by atoms with van der Waals surface area (Å²) in [6.07, 6.45) is 1.29. The molecule has 0 amide bonds. The standard InChI is InChI=1S/C18H19FNO/c1-13-3-8-16(21-17-9-10-20(2)12-17)11-18(13)14-4-6-15(19)7-5-14/h3-8,11,17H,1,9-10,12H2,2H3. The Morgan fingerprint density at radius 1 is 1.19 bits per heavy atom. The summed E-state index contributed by atoms with van der Waals surface area (Å²) in [5, 5.41) is 0. The molecular weight excluding hydrogens is 265 g/mol. The quantitative estimate of drug-likeness (QED) is 0.851. The summed E-state index contributed by atoms with van der Waals surface area (Å²) in [4.78, 5) is 2.27. The van der Waals surface area contributed by atoms with Crippen molar-refractivity contribution in [3.8, 4) is 16.9 Å². The summed E-state index contributed by atoms with van der Waals surface area (Å²) in [6.45, 7) is 6.08. The second-order valence-electron chi connectivity index (χ2n) is 5.62. The molecule has 109 valence electrons. The number of nitrogens with zero attached hydrogens (tertiary/aromatic N) is 1. The van der Waals surface area contributed by atoms with Gasteiger partial charge in [-0.1, -0.05) is 18.2 Å². The van der Waals surface area contributed by atoms with Gasteiger partial charge in [-0.25, -0.2) is 4.39 Å². The molecule has 1 fully saturated rings. The van der Waals surface area contributed by atoms with E-state index in [9.17, 15) is 4.39 Å². The van der Waals surface area contributed by atoms with Gasteiger partial charge in [0.15, 0.2) is 0 Å². The lowest BCUT2D eigenvalue weighted by Crippen LogP contribution is -2.21. The lowest BCUT2D eigenvalue weighted by molar-refractivity contribution is 0.208. The molecule has 1 heterocycles. The third kappa shape index (κ3) is 3.24. The van der Waals surface area contributed by atoms with Gasteiger partial charge in [-0.2, -0.15) is 0 Å². The van der Waals surface area contributed by atoms with Crippen LogP contribution in [-0.2, 0) is 0 Å². The summed E-state index contributed by atoms with van der Waals surface area (Å²) >= 11 is 0. The Kier molecular flexibility index (Phi) is 3.93. The van der Waals surface area contributed by atoms with E-state index in [2.05, 4.69) is 18.9 Å². The van der Waals surface area contributed by atoms with E-state index < -0.39 is 0 Å². The normalized spacial score (nSPS) is 18.9. The van der Waals surface area contributed by atoms with Gasteiger partial charge in [0.25, 0.3) is 0 Å². The minimum absolute atomic E-state index is 0.231. The minimum Gasteiger partial charge on any atom is -0.489 e. The van der Waals surface area contributed by atoms with Crippen molar-refractivity contribution >= 4 is 0 Å². The van der Waals surface area contributed by atoms with Crippen molar-refractivity contribution in [2.24, 2.45) is 0 Å². The number of likely N-dealkylation sites (N-methyl/N-ethyl adjacent to an activating group) is 1. The van der Waals surface area contributed by atoms with Gasteiger partial charge in [-0.3, -0.25) is 0 Å². The van der Waals surface area contributed by atoms with Gasteiger partial charge in [0.1, 0.15) is 17.7 Å². The number of halogens is 1. The van der Waals surface area contributed by atoms with E-state index in [1.165, 1.54) is 12.1 Å². The lowest BCUT2D eigenvalue weighted by atomic mass is 10.0. The Morgan fingerprint density at radius 2 is 1.95 bits per heavy atom. The summed E-state index contributed by atoms with van der Waals surface area (Å²) < 4.78 is 19.1. The maximum Gasteiger partial charge on any atom is 0.123 e. The van der Waals surface area contributed by atoms with Crippen molar-refractivity contribution in [1.82, 2.24) is 4.90 Å². The SMILES string of the molecule is [CH2]c1ccc(OC2CCN(C)C2)cc1-c1ccc(F)cc1. The second-order valence-corrected chi connectivity index (χ2v) is 5.62. The largest absolute Gasteiger partial charge is 0.489 e. The summed E-state index contributed by atoms with van der Waals surface area (Å²) in [6, 6.07) is 12.4. The van der Waals surface area contributed by atoms with Crippen molar-refractivity contribution in [2.75, 3.05) is 20.1 Å². The first-order chi connectivity index (χ1) is 10.1. The topological polar surface area (TPSA) is 12.5 Å². The number of benzene rings is 2. The van der Waals surface area contributed by atoms with Crippen molar-refractivity contribution in [1.29, 1.82) is 0 Å². The predicted molar refractivity (Wildman–Crippen MR) is 82.8 cm³/mol. The van der Waals surface area contributed by atoms with E-state index in [1.54, 1.807) is 12.1 Å². The van der Waals surface area contributed by atoms with E-state index in [-0.39, 0.29) is 11.9 Å². The Labute approximate surface area is 125 Å². The van der Waals surface area contributed by atoms with Crippen molar-refractivity contribution in [3.63, 3.8) is 0 Å². The van der Waals surface area contributed by atoms with Crippen LogP contribution in [0.15, 0.2) is 42.5 Å². The molecule has 0 aromatic heterocycles. The van der Waals surface area contributed by atoms with Crippen LogP contribution < -0.4 is 4.74 Å². The van der Waals surface area contributed by atoms with Crippen LogP contribution in [0.3, 0.4) is 0 Å². The summed E-state index contributed by atoms with van der Waals surface area (Å²) in [7, 11) is 2.10. The molecule has 1 saturated heterocycles. The highest BCUT2D eigenvalue weighted by molar-refractivity contribution is 5.69. The number of hydrogen-bond acceptors (Lipinski definition) is 2. The minimum atomic E-state index is -0.231. The molecule has 2 aromatic carbocycles. The predicted octanol–water partition coefficient (Wildman–Crippen LogP) is 3.76. The molecule has 3 heteroatoms. The van der Waals surface area contributed by atoms with Crippen LogP contribution in [0, 0.1) is 12.7 Å². The molecule has 1 unspecified atom stereocenters. The average molecular weight is 284 g/mol. The molecule has 1 radical (unpaired) electrons. The third-order valence-corrected chi connectivity index (χ3v) is 3.89. The summed E-state index contributed by atoms with van der Waals surface area (Å²) in [5.41, 5.74) is 2.85. The number of hydrogen-bond donors (Lipinski definition) is 0. The molecule has 0 N–H and O–H groups in total. The van der Waals surface area contributed by atoms with E-state index in [0.29, 0.717) is 0 Å². The van der Waals surface area contributed by atoms with Crippen molar-refractivity contribution < 1.29 is 9.13 Å².